The third-order valence-electron chi connectivity index (χ3n) is 3.79. The van der Waals surface area contributed by atoms with E-state index in [1.807, 2.05) is 24.3 Å². The number of benzene rings is 2. The van der Waals surface area contributed by atoms with Gasteiger partial charge in [0.15, 0.2) is 6.61 Å². The van der Waals surface area contributed by atoms with Crippen molar-refractivity contribution in [3.63, 3.8) is 0 Å². The maximum atomic E-state index is 10.9. The second kappa shape index (κ2) is 10.6. The minimum atomic E-state index is -1.06. The molecule has 0 amide bonds. The van der Waals surface area contributed by atoms with Crippen LogP contribution in [0.25, 0.3) is 6.08 Å². The monoisotopic (exact) mass is 382 g/mol. The van der Waals surface area contributed by atoms with Crippen molar-refractivity contribution in [3.05, 3.63) is 77.9 Å². The summed E-state index contributed by atoms with van der Waals surface area (Å²) >= 11 is 0. The van der Waals surface area contributed by atoms with Crippen LogP contribution in [0.4, 0.5) is 0 Å². The number of carboxylic acids is 2. The lowest BCUT2D eigenvalue weighted by Crippen LogP contribution is -2.10. The van der Waals surface area contributed by atoms with E-state index in [4.69, 9.17) is 19.7 Å². The normalized spacial score (nSPS) is 10.6. The first kappa shape index (κ1) is 20.8. The van der Waals surface area contributed by atoms with Crippen molar-refractivity contribution >= 4 is 18.0 Å². The summed E-state index contributed by atoms with van der Waals surface area (Å²) in [6.07, 6.45) is 6.74. The van der Waals surface area contributed by atoms with Crippen molar-refractivity contribution in [1.29, 1.82) is 0 Å². The average molecular weight is 382 g/mol. The van der Waals surface area contributed by atoms with E-state index in [1.54, 1.807) is 36.4 Å². The van der Waals surface area contributed by atoms with Gasteiger partial charge >= 0.3 is 11.9 Å². The molecule has 0 atom stereocenters. The number of aliphatic carboxylic acids is 1. The van der Waals surface area contributed by atoms with E-state index >= 15 is 0 Å². The first-order chi connectivity index (χ1) is 13.5. The largest absolute Gasteiger partial charge is 0.493 e. The summed E-state index contributed by atoms with van der Waals surface area (Å²) in [5.41, 5.74) is 1.91. The summed E-state index contributed by atoms with van der Waals surface area (Å²) in [5, 5.41) is 17.8. The lowest BCUT2D eigenvalue weighted by Gasteiger charge is -2.12. The van der Waals surface area contributed by atoms with E-state index in [2.05, 4.69) is 6.58 Å². The predicted molar refractivity (Wildman–Crippen MR) is 106 cm³/mol. The average Bonchev–Trinajstić information content (AvgIpc) is 2.68. The van der Waals surface area contributed by atoms with Crippen LogP contribution in [0.15, 0.2) is 61.2 Å². The summed E-state index contributed by atoms with van der Waals surface area (Å²) in [5.74, 6) is -0.979. The minimum absolute atomic E-state index is 0.230. The first-order valence-corrected chi connectivity index (χ1v) is 8.70. The second-order valence-electron chi connectivity index (χ2n) is 5.91. The fourth-order valence-electron chi connectivity index (χ4n) is 2.39. The topological polar surface area (TPSA) is 93.1 Å². The molecule has 2 aromatic carbocycles. The van der Waals surface area contributed by atoms with Crippen LogP contribution in [-0.2, 0) is 11.2 Å². The Hall–Kier alpha value is -3.54. The maximum absolute atomic E-state index is 10.9. The van der Waals surface area contributed by atoms with Crippen LogP contribution in [0.3, 0.4) is 0 Å². The molecular weight excluding hydrogens is 360 g/mol. The zero-order valence-corrected chi connectivity index (χ0v) is 15.3. The highest BCUT2D eigenvalue weighted by atomic mass is 16.5. The van der Waals surface area contributed by atoms with E-state index in [1.165, 1.54) is 0 Å². The molecule has 0 unspecified atom stereocenters. The van der Waals surface area contributed by atoms with Crippen molar-refractivity contribution in [2.24, 2.45) is 0 Å². The molecule has 0 aliphatic rings. The van der Waals surface area contributed by atoms with Gasteiger partial charge in [0.05, 0.1) is 12.2 Å². The van der Waals surface area contributed by atoms with E-state index in [0.717, 1.165) is 11.1 Å². The summed E-state index contributed by atoms with van der Waals surface area (Å²) in [4.78, 5) is 21.7. The SMILES string of the molecule is C=CCCOc1ccc(CC=Cc2ccc(C(=O)O)cc2)c(OCC(=O)O)c1. The minimum Gasteiger partial charge on any atom is -0.493 e. The van der Waals surface area contributed by atoms with Gasteiger partial charge < -0.3 is 19.7 Å². The third kappa shape index (κ3) is 6.64. The van der Waals surface area contributed by atoms with E-state index in [-0.39, 0.29) is 5.56 Å². The van der Waals surface area contributed by atoms with Gasteiger partial charge in [0.1, 0.15) is 11.5 Å². The molecule has 0 fully saturated rings. The molecular formula is C22H22O6. The van der Waals surface area contributed by atoms with Crippen molar-refractivity contribution < 1.29 is 29.3 Å². The van der Waals surface area contributed by atoms with Crippen molar-refractivity contribution in [3.8, 4) is 11.5 Å². The molecule has 2 rings (SSSR count). The van der Waals surface area contributed by atoms with Crippen LogP contribution >= 0.6 is 0 Å². The Bertz CT molecular complexity index is 852. The van der Waals surface area contributed by atoms with Gasteiger partial charge in [-0.1, -0.05) is 36.4 Å². The van der Waals surface area contributed by atoms with Crippen LogP contribution in [0.2, 0.25) is 0 Å². The molecule has 0 bridgehead atoms. The van der Waals surface area contributed by atoms with Crippen molar-refractivity contribution in [1.82, 2.24) is 0 Å². The van der Waals surface area contributed by atoms with Crippen LogP contribution in [0.1, 0.15) is 27.9 Å². The van der Waals surface area contributed by atoms with E-state index in [9.17, 15) is 9.59 Å². The van der Waals surface area contributed by atoms with Gasteiger partial charge in [-0.25, -0.2) is 9.59 Å². The Morgan fingerprint density at radius 2 is 1.79 bits per heavy atom. The van der Waals surface area contributed by atoms with E-state index < -0.39 is 18.5 Å². The first-order valence-electron chi connectivity index (χ1n) is 8.70. The fourth-order valence-corrected chi connectivity index (χ4v) is 2.39. The molecule has 6 nitrogen and oxygen atoms in total. The van der Waals surface area contributed by atoms with Crippen molar-refractivity contribution in [2.45, 2.75) is 12.8 Å². The van der Waals surface area contributed by atoms with Gasteiger partial charge in [-0.2, -0.15) is 0 Å². The molecule has 6 heteroatoms. The quantitative estimate of drug-likeness (QED) is 0.450. The summed E-state index contributed by atoms with van der Waals surface area (Å²) in [6.45, 7) is 3.68. The Balaban J connectivity index is 2.09. The molecule has 0 saturated carbocycles. The highest BCUT2D eigenvalue weighted by Gasteiger charge is 2.08. The fraction of sp³-hybridized carbons (Fsp3) is 0.182. The smallest absolute Gasteiger partial charge is 0.341 e. The molecule has 0 aliphatic heterocycles. The van der Waals surface area contributed by atoms with Crippen LogP contribution in [0.5, 0.6) is 11.5 Å². The molecule has 0 aromatic heterocycles. The number of carboxylic acid groups (broad SMARTS) is 2. The van der Waals surface area contributed by atoms with Gasteiger partial charge in [0.2, 0.25) is 0 Å². The molecule has 0 radical (unpaired) electrons. The number of ether oxygens (including phenoxy) is 2. The zero-order chi connectivity index (χ0) is 20.4. The van der Waals surface area contributed by atoms with Crippen LogP contribution in [-0.4, -0.2) is 35.4 Å². The predicted octanol–water partition coefficient (Wildman–Crippen LogP) is 4.06. The molecule has 2 N–H and O–H groups in total. The van der Waals surface area contributed by atoms with Crippen LogP contribution in [0, 0.1) is 0 Å². The van der Waals surface area contributed by atoms with E-state index in [0.29, 0.717) is 30.9 Å². The van der Waals surface area contributed by atoms with Gasteiger partial charge in [0.25, 0.3) is 0 Å². The molecule has 2 aromatic rings. The second-order valence-corrected chi connectivity index (χ2v) is 5.91. The highest BCUT2D eigenvalue weighted by molar-refractivity contribution is 5.87. The lowest BCUT2D eigenvalue weighted by molar-refractivity contribution is -0.139. The molecule has 28 heavy (non-hydrogen) atoms. The molecule has 146 valence electrons. The standard InChI is InChI=1S/C22H22O6/c1-2-3-13-27-19-12-11-17(20(14-19)28-15-21(23)24)6-4-5-16-7-9-18(10-8-16)22(25)26/h2,4-5,7-12,14H,1,3,6,13,15H2,(H,23,24)(H,25,26). The molecule has 0 saturated heterocycles. The summed E-state index contributed by atoms with van der Waals surface area (Å²) < 4.78 is 11.0. The number of rotatable bonds is 11. The number of aromatic carboxylic acids is 1. The Kier molecular flexibility index (Phi) is 7.84. The number of carbonyl (C=O) groups is 2. The lowest BCUT2D eigenvalue weighted by atomic mass is 10.1. The summed E-state index contributed by atoms with van der Waals surface area (Å²) in [6, 6.07) is 11.8. The maximum Gasteiger partial charge on any atom is 0.341 e. The van der Waals surface area contributed by atoms with Gasteiger partial charge in [-0.3, -0.25) is 0 Å². The number of hydrogen-bond acceptors (Lipinski definition) is 4. The van der Waals surface area contributed by atoms with Gasteiger partial charge in [-0.15, -0.1) is 6.58 Å². The van der Waals surface area contributed by atoms with Crippen LogP contribution < -0.4 is 9.47 Å². The molecule has 0 heterocycles. The Morgan fingerprint density at radius 3 is 2.43 bits per heavy atom. The van der Waals surface area contributed by atoms with Crippen molar-refractivity contribution in [2.75, 3.05) is 13.2 Å². The highest BCUT2D eigenvalue weighted by Crippen LogP contribution is 2.26. The molecule has 0 spiro atoms. The zero-order valence-electron chi connectivity index (χ0n) is 15.3. The molecule has 0 aliphatic carbocycles. The Morgan fingerprint density at radius 1 is 1.04 bits per heavy atom. The number of allylic oxidation sites excluding steroid dienone is 1. The Labute approximate surface area is 163 Å². The summed E-state index contributed by atoms with van der Waals surface area (Å²) in [7, 11) is 0. The van der Waals surface area contributed by atoms with Gasteiger partial charge in [-0.05, 0) is 42.2 Å². The third-order valence-corrected chi connectivity index (χ3v) is 3.79. The number of hydrogen-bond donors (Lipinski definition) is 2. The van der Waals surface area contributed by atoms with Gasteiger partial charge in [0, 0.05) is 6.07 Å².